The molecule has 1 aromatic rings. The van der Waals surface area contributed by atoms with Gasteiger partial charge in [0.15, 0.2) is 17.5 Å². The molecule has 2 N–H and O–H groups in total. The van der Waals surface area contributed by atoms with E-state index in [-0.39, 0.29) is 12.6 Å². The summed E-state index contributed by atoms with van der Waals surface area (Å²) in [5.41, 5.74) is 6.16. The first kappa shape index (κ1) is 17.9. The number of benzene rings is 1. The molecular formula is C15H24F3N3. The van der Waals surface area contributed by atoms with Crippen molar-refractivity contribution in [3.05, 3.63) is 35.1 Å². The van der Waals surface area contributed by atoms with E-state index in [4.69, 9.17) is 5.73 Å². The maximum absolute atomic E-state index is 13.4. The van der Waals surface area contributed by atoms with Gasteiger partial charge < -0.3 is 10.6 Å². The minimum absolute atomic E-state index is 0.220. The highest BCUT2D eigenvalue weighted by Crippen LogP contribution is 2.23. The lowest BCUT2D eigenvalue weighted by molar-refractivity contribution is 0.181. The van der Waals surface area contributed by atoms with E-state index in [1.807, 2.05) is 25.9 Å². The largest absolute Gasteiger partial charge is 0.329 e. The Morgan fingerprint density at radius 2 is 1.62 bits per heavy atom. The van der Waals surface area contributed by atoms with Crippen LogP contribution in [-0.2, 0) is 0 Å². The summed E-state index contributed by atoms with van der Waals surface area (Å²) in [4.78, 5) is 4.11. The van der Waals surface area contributed by atoms with Gasteiger partial charge in [-0.05, 0) is 44.8 Å². The number of rotatable bonds is 8. The van der Waals surface area contributed by atoms with Gasteiger partial charge in [0.1, 0.15) is 0 Å². The van der Waals surface area contributed by atoms with Crippen molar-refractivity contribution in [1.82, 2.24) is 9.80 Å². The van der Waals surface area contributed by atoms with E-state index in [9.17, 15) is 13.2 Å². The number of likely N-dealkylation sites (N-methyl/N-ethyl adjacent to an activating group) is 1. The molecule has 0 saturated carbocycles. The fourth-order valence-corrected chi connectivity index (χ4v) is 2.30. The van der Waals surface area contributed by atoms with Gasteiger partial charge in [-0.25, -0.2) is 13.2 Å². The maximum atomic E-state index is 13.4. The van der Waals surface area contributed by atoms with Crippen LogP contribution >= 0.6 is 0 Å². The molecule has 0 spiro atoms. The van der Waals surface area contributed by atoms with Crippen molar-refractivity contribution in [3.63, 3.8) is 0 Å². The summed E-state index contributed by atoms with van der Waals surface area (Å²) in [6, 6.07) is 1.75. The Bertz CT molecular complexity index is 429. The molecular weight excluding hydrogens is 279 g/mol. The molecule has 0 aliphatic heterocycles. The first-order chi connectivity index (χ1) is 9.90. The molecule has 0 amide bonds. The van der Waals surface area contributed by atoms with Crippen molar-refractivity contribution in [2.24, 2.45) is 5.73 Å². The molecule has 0 aromatic heterocycles. The molecule has 1 unspecified atom stereocenters. The van der Waals surface area contributed by atoms with Gasteiger partial charge in [-0.2, -0.15) is 0 Å². The third-order valence-corrected chi connectivity index (χ3v) is 3.40. The molecule has 0 aliphatic rings. The first-order valence-corrected chi connectivity index (χ1v) is 7.14. The van der Waals surface area contributed by atoms with Crippen molar-refractivity contribution in [2.75, 3.05) is 40.3 Å². The summed E-state index contributed by atoms with van der Waals surface area (Å²) < 4.78 is 39.9. The average Bonchev–Trinajstić information content (AvgIpc) is 2.42. The van der Waals surface area contributed by atoms with E-state index in [1.165, 1.54) is 0 Å². The molecule has 0 radical (unpaired) electrons. The predicted octanol–water partition coefficient (Wildman–Crippen LogP) is 2.38. The van der Waals surface area contributed by atoms with E-state index in [0.717, 1.165) is 38.2 Å². The fourth-order valence-electron chi connectivity index (χ4n) is 2.30. The molecule has 0 fully saturated rings. The Morgan fingerprint density at radius 1 is 1.05 bits per heavy atom. The number of hydrogen-bond acceptors (Lipinski definition) is 3. The lowest BCUT2D eigenvalue weighted by atomic mass is 10.0. The average molecular weight is 303 g/mol. The third kappa shape index (κ3) is 4.98. The number of nitrogens with two attached hydrogens (primary N) is 1. The van der Waals surface area contributed by atoms with Gasteiger partial charge in [-0.15, -0.1) is 0 Å². The van der Waals surface area contributed by atoms with Crippen LogP contribution in [0, 0.1) is 17.5 Å². The molecule has 120 valence electrons. The van der Waals surface area contributed by atoms with E-state index in [2.05, 4.69) is 4.90 Å². The molecule has 0 heterocycles. The third-order valence-electron chi connectivity index (χ3n) is 3.40. The Morgan fingerprint density at radius 3 is 2.05 bits per heavy atom. The summed E-state index contributed by atoms with van der Waals surface area (Å²) in [5.74, 6) is -3.79. The lowest BCUT2D eigenvalue weighted by Gasteiger charge is -2.32. The second kappa shape index (κ2) is 8.36. The molecule has 1 aromatic carbocycles. The smallest absolute Gasteiger partial charge is 0.194 e. The van der Waals surface area contributed by atoms with Crippen LogP contribution in [0.3, 0.4) is 0 Å². The summed E-state index contributed by atoms with van der Waals surface area (Å²) in [5, 5.41) is 0. The Hall–Kier alpha value is -1.11. The topological polar surface area (TPSA) is 32.5 Å². The zero-order valence-corrected chi connectivity index (χ0v) is 12.9. The molecule has 3 nitrogen and oxygen atoms in total. The molecule has 0 bridgehead atoms. The van der Waals surface area contributed by atoms with Crippen LogP contribution < -0.4 is 5.73 Å². The second-order valence-corrected chi connectivity index (χ2v) is 5.39. The van der Waals surface area contributed by atoms with Crippen LogP contribution in [0.4, 0.5) is 13.2 Å². The number of hydrogen-bond donors (Lipinski definition) is 1. The second-order valence-electron chi connectivity index (χ2n) is 5.39. The van der Waals surface area contributed by atoms with Crippen LogP contribution in [-0.4, -0.2) is 50.1 Å². The van der Waals surface area contributed by atoms with Gasteiger partial charge in [0.25, 0.3) is 0 Å². The van der Waals surface area contributed by atoms with Crippen molar-refractivity contribution >= 4 is 0 Å². The van der Waals surface area contributed by atoms with Crippen molar-refractivity contribution in [2.45, 2.75) is 19.4 Å². The minimum Gasteiger partial charge on any atom is -0.329 e. The molecule has 0 saturated heterocycles. The van der Waals surface area contributed by atoms with Crippen molar-refractivity contribution in [1.29, 1.82) is 0 Å². The molecule has 6 heteroatoms. The summed E-state index contributed by atoms with van der Waals surface area (Å²) >= 11 is 0. The van der Waals surface area contributed by atoms with Crippen LogP contribution in [0.25, 0.3) is 0 Å². The van der Waals surface area contributed by atoms with Crippen molar-refractivity contribution < 1.29 is 13.2 Å². The minimum atomic E-state index is -1.44. The van der Waals surface area contributed by atoms with Gasteiger partial charge in [0, 0.05) is 25.7 Å². The Balaban J connectivity index is 3.01. The highest BCUT2D eigenvalue weighted by Gasteiger charge is 2.21. The number of halogens is 3. The zero-order chi connectivity index (χ0) is 16.0. The maximum Gasteiger partial charge on any atom is 0.194 e. The van der Waals surface area contributed by atoms with E-state index < -0.39 is 17.5 Å². The summed E-state index contributed by atoms with van der Waals surface area (Å²) in [7, 11) is 3.91. The monoisotopic (exact) mass is 303 g/mol. The fraction of sp³-hybridized carbons (Fsp3) is 0.600. The lowest BCUT2D eigenvalue weighted by Crippen LogP contribution is -2.38. The molecule has 1 rings (SSSR count). The van der Waals surface area contributed by atoms with Crippen LogP contribution in [0.1, 0.15) is 24.9 Å². The summed E-state index contributed by atoms with van der Waals surface area (Å²) in [6.45, 7) is 4.54. The molecule has 1 atom stereocenters. The SMILES string of the molecule is CCCN(CCN(C)C)C(CN)c1cc(F)c(F)c(F)c1. The molecule has 0 aliphatic carbocycles. The van der Waals surface area contributed by atoms with Crippen LogP contribution in [0.2, 0.25) is 0 Å². The van der Waals surface area contributed by atoms with Gasteiger partial charge in [-0.1, -0.05) is 6.92 Å². The van der Waals surface area contributed by atoms with Gasteiger partial charge in [0.2, 0.25) is 0 Å². The Kier molecular flexibility index (Phi) is 7.14. The Labute approximate surface area is 124 Å². The van der Waals surface area contributed by atoms with Gasteiger partial charge >= 0.3 is 0 Å². The van der Waals surface area contributed by atoms with E-state index in [0.29, 0.717) is 5.56 Å². The first-order valence-electron chi connectivity index (χ1n) is 7.14. The van der Waals surface area contributed by atoms with Gasteiger partial charge in [0.05, 0.1) is 0 Å². The zero-order valence-electron chi connectivity index (χ0n) is 12.9. The predicted molar refractivity (Wildman–Crippen MR) is 78.5 cm³/mol. The van der Waals surface area contributed by atoms with Crippen LogP contribution in [0.15, 0.2) is 12.1 Å². The standard InChI is InChI=1S/C15H24F3N3/c1-4-5-21(7-6-20(2)3)14(10-19)11-8-12(16)15(18)13(17)9-11/h8-9,14H,4-7,10,19H2,1-3H3. The van der Waals surface area contributed by atoms with Crippen LogP contribution in [0.5, 0.6) is 0 Å². The van der Waals surface area contributed by atoms with Crippen molar-refractivity contribution in [3.8, 4) is 0 Å². The highest BCUT2D eigenvalue weighted by atomic mass is 19.2. The number of nitrogens with zero attached hydrogens (tertiary/aromatic N) is 2. The molecule has 21 heavy (non-hydrogen) atoms. The van der Waals surface area contributed by atoms with Gasteiger partial charge in [-0.3, -0.25) is 4.90 Å². The summed E-state index contributed by atoms with van der Waals surface area (Å²) in [6.07, 6.45) is 0.899. The quantitative estimate of drug-likeness (QED) is 0.748. The highest BCUT2D eigenvalue weighted by molar-refractivity contribution is 5.23. The normalized spacial score (nSPS) is 13.2. The van der Waals surface area contributed by atoms with E-state index in [1.54, 1.807) is 0 Å². The van der Waals surface area contributed by atoms with E-state index >= 15 is 0 Å².